The number of pyridine rings is 1. The number of imidazole rings is 1. The molecule has 0 saturated heterocycles. The van der Waals surface area contributed by atoms with E-state index in [-0.39, 0.29) is 6.10 Å². The van der Waals surface area contributed by atoms with Crippen LogP contribution in [0.5, 0.6) is 0 Å². The largest absolute Gasteiger partial charge is 0.372 e. The number of hydrogen-bond acceptors (Lipinski definition) is 2. The molecule has 0 aliphatic heterocycles. The molecule has 0 bridgehead atoms. The zero-order chi connectivity index (χ0) is 11.8. The summed E-state index contributed by atoms with van der Waals surface area (Å²) in [7, 11) is 0. The fourth-order valence-corrected chi connectivity index (χ4v) is 2.22. The number of ether oxygens (including phenoxy) is 1. The third-order valence-corrected chi connectivity index (χ3v) is 3.37. The minimum atomic E-state index is 0.0734. The van der Waals surface area contributed by atoms with Crippen LogP contribution >= 0.6 is 0 Å². The Morgan fingerprint density at radius 2 is 2.24 bits per heavy atom. The second-order valence-corrected chi connectivity index (χ2v) is 4.77. The van der Waals surface area contributed by atoms with Crippen LogP contribution in [0.1, 0.15) is 50.0 Å². The molecule has 17 heavy (non-hydrogen) atoms. The number of nitrogens with zero attached hydrogens (tertiary/aromatic N) is 2. The number of fused-ring (bicyclic) bond motifs is 1. The molecule has 0 aromatic carbocycles. The second-order valence-electron chi connectivity index (χ2n) is 4.77. The molecule has 3 rings (SSSR count). The van der Waals surface area contributed by atoms with E-state index >= 15 is 0 Å². The van der Waals surface area contributed by atoms with Gasteiger partial charge in [-0.15, -0.1) is 0 Å². The van der Waals surface area contributed by atoms with Gasteiger partial charge in [-0.25, -0.2) is 4.98 Å². The lowest BCUT2D eigenvalue weighted by Gasteiger charge is -2.06. The summed E-state index contributed by atoms with van der Waals surface area (Å²) < 4.78 is 7.70. The van der Waals surface area contributed by atoms with E-state index in [0.717, 1.165) is 23.9 Å². The number of hydrogen-bond donors (Lipinski definition) is 0. The van der Waals surface area contributed by atoms with Gasteiger partial charge in [-0.3, -0.25) is 0 Å². The van der Waals surface area contributed by atoms with Crippen LogP contribution in [0.25, 0.3) is 5.65 Å². The molecule has 1 saturated carbocycles. The highest BCUT2D eigenvalue weighted by Gasteiger charge is 2.23. The topological polar surface area (TPSA) is 26.5 Å². The summed E-state index contributed by atoms with van der Waals surface area (Å²) in [4.78, 5) is 4.59. The van der Waals surface area contributed by atoms with E-state index < -0.39 is 0 Å². The van der Waals surface area contributed by atoms with Gasteiger partial charge in [-0.1, -0.05) is 6.07 Å². The van der Waals surface area contributed by atoms with Gasteiger partial charge in [-0.2, -0.15) is 0 Å². The molecular formula is C14H18N2O. The minimum Gasteiger partial charge on any atom is -0.372 e. The van der Waals surface area contributed by atoms with E-state index in [4.69, 9.17) is 4.74 Å². The van der Waals surface area contributed by atoms with Gasteiger partial charge in [0.05, 0.1) is 11.8 Å². The maximum Gasteiger partial charge on any atom is 0.137 e. The Labute approximate surface area is 101 Å². The maximum absolute atomic E-state index is 5.57. The van der Waals surface area contributed by atoms with E-state index in [1.165, 1.54) is 18.4 Å². The van der Waals surface area contributed by atoms with Gasteiger partial charge in [0.1, 0.15) is 5.65 Å². The summed E-state index contributed by atoms with van der Waals surface area (Å²) in [6.45, 7) is 4.78. The smallest absolute Gasteiger partial charge is 0.137 e. The van der Waals surface area contributed by atoms with Crippen LogP contribution in [-0.4, -0.2) is 16.0 Å². The van der Waals surface area contributed by atoms with Crippen molar-refractivity contribution < 1.29 is 4.74 Å². The summed E-state index contributed by atoms with van der Waals surface area (Å²) >= 11 is 0. The molecule has 2 heterocycles. The molecular weight excluding hydrogens is 212 g/mol. The van der Waals surface area contributed by atoms with Crippen LogP contribution in [-0.2, 0) is 4.74 Å². The molecule has 1 atom stereocenters. The van der Waals surface area contributed by atoms with Crippen molar-refractivity contribution in [3.8, 4) is 0 Å². The summed E-state index contributed by atoms with van der Waals surface area (Å²) in [5.41, 5.74) is 3.46. The van der Waals surface area contributed by atoms with Crippen LogP contribution in [0.2, 0.25) is 0 Å². The van der Waals surface area contributed by atoms with Crippen LogP contribution in [0.3, 0.4) is 0 Å². The molecule has 2 aromatic heterocycles. The van der Waals surface area contributed by atoms with Crippen molar-refractivity contribution in [1.82, 2.24) is 9.38 Å². The molecule has 90 valence electrons. The fraction of sp³-hybridized carbons (Fsp3) is 0.500. The van der Waals surface area contributed by atoms with Crippen LogP contribution in [0.15, 0.2) is 24.5 Å². The van der Waals surface area contributed by atoms with Crippen molar-refractivity contribution in [1.29, 1.82) is 0 Å². The SMILES string of the molecule is CCOC(C)c1cn2cc(C3CC3)ccc2n1. The Balaban J connectivity index is 1.94. The first kappa shape index (κ1) is 10.8. The Morgan fingerprint density at radius 3 is 2.94 bits per heavy atom. The molecule has 1 aliphatic carbocycles. The van der Waals surface area contributed by atoms with Crippen LogP contribution in [0.4, 0.5) is 0 Å². The van der Waals surface area contributed by atoms with Gasteiger partial charge in [0.15, 0.2) is 0 Å². The first-order valence-electron chi connectivity index (χ1n) is 6.38. The van der Waals surface area contributed by atoms with Crippen LogP contribution < -0.4 is 0 Å². The summed E-state index contributed by atoms with van der Waals surface area (Å²) in [5.74, 6) is 0.787. The Morgan fingerprint density at radius 1 is 1.41 bits per heavy atom. The summed E-state index contributed by atoms with van der Waals surface area (Å²) in [6.07, 6.45) is 7.04. The minimum absolute atomic E-state index is 0.0734. The second kappa shape index (κ2) is 4.15. The van der Waals surface area contributed by atoms with Gasteiger partial charge in [0.25, 0.3) is 0 Å². The molecule has 0 spiro atoms. The van der Waals surface area contributed by atoms with Crippen molar-refractivity contribution in [2.75, 3.05) is 6.61 Å². The van der Waals surface area contributed by atoms with Gasteiger partial charge in [0.2, 0.25) is 0 Å². The standard InChI is InChI=1S/C14H18N2O/c1-3-17-10(2)13-9-16-8-12(11-4-5-11)6-7-14(16)15-13/h6-11H,3-5H2,1-2H3. The van der Waals surface area contributed by atoms with E-state index in [1.807, 2.05) is 13.8 Å². The zero-order valence-corrected chi connectivity index (χ0v) is 10.4. The Hall–Kier alpha value is -1.35. The van der Waals surface area contributed by atoms with Gasteiger partial charge in [0, 0.05) is 19.0 Å². The normalized spacial score (nSPS) is 17.5. The third-order valence-electron chi connectivity index (χ3n) is 3.37. The van der Waals surface area contributed by atoms with Crippen LogP contribution in [0, 0.1) is 0 Å². The lowest BCUT2D eigenvalue weighted by molar-refractivity contribution is 0.0737. The molecule has 1 aliphatic rings. The summed E-state index contributed by atoms with van der Waals surface area (Å²) in [6, 6.07) is 4.31. The first-order valence-corrected chi connectivity index (χ1v) is 6.38. The Bertz CT molecular complexity index is 528. The summed E-state index contributed by atoms with van der Waals surface area (Å²) in [5, 5.41) is 0. The molecule has 2 aromatic rings. The third kappa shape index (κ3) is 2.07. The zero-order valence-electron chi connectivity index (χ0n) is 10.4. The van der Waals surface area contributed by atoms with E-state index in [1.54, 1.807) is 0 Å². The maximum atomic E-state index is 5.57. The average Bonchev–Trinajstić information content (AvgIpc) is 3.08. The van der Waals surface area contributed by atoms with Gasteiger partial charge in [-0.05, 0) is 44.2 Å². The van der Waals surface area contributed by atoms with E-state index in [9.17, 15) is 0 Å². The van der Waals surface area contributed by atoms with Crippen molar-refractivity contribution in [2.45, 2.75) is 38.7 Å². The van der Waals surface area contributed by atoms with Crippen molar-refractivity contribution in [3.05, 3.63) is 35.8 Å². The number of aromatic nitrogens is 2. The number of rotatable bonds is 4. The predicted octanol–water partition coefficient (Wildman–Crippen LogP) is 3.31. The first-order chi connectivity index (χ1) is 8.28. The predicted molar refractivity (Wildman–Crippen MR) is 67.2 cm³/mol. The van der Waals surface area contributed by atoms with E-state index in [2.05, 4.69) is 33.9 Å². The highest BCUT2D eigenvalue weighted by molar-refractivity contribution is 5.43. The fourth-order valence-electron chi connectivity index (χ4n) is 2.22. The molecule has 3 heteroatoms. The highest BCUT2D eigenvalue weighted by Crippen LogP contribution is 2.39. The average molecular weight is 230 g/mol. The molecule has 0 radical (unpaired) electrons. The van der Waals surface area contributed by atoms with Gasteiger partial charge >= 0.3 is 0 Å². The monoisotopic (exact) mass is 230 g/mol. The molecule has 0 N–H and O–H groups in total. The van der Waals surface area contributed by atoms with Crippen molar-refractivity contribution >= 4 is 5.65 Å². The van der Waals surface area contributed by atoms with Crippen molar-refractivity contribution in [3.63, 3.8) is 0 Å². The quantitative estimate of drug-likeness (QED) is 0.805. The Kier molecular flexibility index (Phi) is 2.63. The lowest BCUT2D eigenvalue weighted by Crippen LogP contribution is -1.99. The van der Waals surface area contributed by atoms with E-state index in [0.29, 0.717) is 0 Å². The molecule has 3 nitrogen and oxygen atoms in total. The highest BCUT2D eigenvalue weighted by atomic mass is 16.5. The lowest BCUT2D eigenvalue weighted by atomic mass is 10.2. The van der Waals surface area contributed by atoms with Gasteiger partial charge < -0.3 is 9.14 Å². The van der Waals surface area contributed by atoms with Crippen molar-refractivity contribution in [2.24, 2.45) is 0 Å². The molecule has 1 unspecified atom stereocenters. The molecule has 1 fully saturated rings. The molecule has 0 amide bonds.